The third-order valence-electron chi connectivity index (χ3n) is 4.94. The molecule has 1 saturated heterocycles. The van der Waals surface area contributed by atoms with Crippen molar-refractivity contribution in [1.82, 2.24) is 14.7 Å². The van der Waals surface area contributed by atoms with E-state index in [0.717, 1.165) is 41.9 Å². The minimum absolute atomic E-state index is 0.168. The number of aryl methyl sites for hydroxylation is 2. The van der Waals surface area contributed by atoms with Gasteiger partial charge in [0.1, 0.15) is 0 Å². The first-order valence-corrected chi connectivity index (χ1v) is 8.86. The highest BCUT2D eigenvalue weighted by Gasteiger charge is 2.31. The minimum Gasteiger partial charge on any atom is -0.335 e. The normalized spacial score (nSPS) is 17.7. The molecule has 0 radical (unpaired) electrons. The standard InChI is InChI=1S/C20H27N3O/c1-14(2)19-9-6-10-22(19)20(24)18-8-5-7-17(12-18)13-23-16(4)11-15(3)21-23/h5,7-8,11-12,14,19H,6,9-10,13H2,1-4H3. The molecule has 2 aromatic rings. The van der Waals surface area contributed by atoms with Crippen LogP contribution in [0.1, 0.15) is 54.0 Å². The van der Waals surface area contributed by atoms with Gasteiger partial charge in [-0.15, -0.1) is 0 Å². The Morgan fingerprint density at radius 2 is 2.08 bits per heavy atom. The highest BCUT2D eigenvalue weighted by molar-refractivity contribution is 5.94. The van der Waals surface area contributed by atoms with Crippen molar-refractivity contribution in [3.05, 3.63) is 52.8 Å². The van der Waals surface area contributed by atoms with E-state index in [4.69, 9.17) is 0 Å². The number of hydrogen-bond donors (Lipinski definition) is 0. The van der Waals surface area contributed by atoms with Crippen molar-refractivity contribution in [2.75, 3.05) is 6.54 Å². The van der Waals surface area contributed by atoms with Gasteiger partial charge in [0, 0.05) is 23.8 Å². The molecule has 0 N–H and O–H groups in total. The molecule has 1 fully saturated rings. The van der Waals surface area contributed by atoms with E-state index >= 15 is 0 Å². The number of benzene rings is 1. The second kappa shape index (κ2) is 6.80. The van der Waals surface area contributed by atoms with Crippen molar-refractivity contribution in [3.8, 4) is 0 Å². The molecule has 3 rings (SSSR count). The van der Waals surface area contributed by atoms with Gasteiger partial charge < -0.3 is 4.90 Å². The first kappa shape index (κ1) is 16.7. The minimum atomic E-state index is 0.168. The van der Waals surface area contributed by atoms with Gasteiger partial charge in [-0.2, -0.15) is 5.10 Å². The smallest absolute Gasteiger partial charge is 0.254 e. The predicted octanol–water partition coefficient (Wildman–Crippen LogP) is 3.81. The van der Waals surface area contributed by atoms with Gasteiger partial charge in [-0.1, -0.05) is 26.0 Å². The summed E-state index contributed by atoms with van der Waals surface area (Å²) >= 11 is 0. The van der Waals surface area contributed by atoms with E-state index in [2.05, 4.69) is 42.9 Å². The van der Waals surface area contributed by atoms with Crippen LogP contribution in [0.5, 0.6) is 0 Å². The zero-order valence-electron chi connectivity index (χ0n) is 15.1. The summed E-state index contributed by atoms with van der Waals surface area (Å²) in [7, 11) is 0. The largest absolute Gasteiger partial charge is 0.335 e. The number of rotatable bonds is 4. The Labute approximate surface area is 144 Å². The van der Waals surface area contributed by atoms with Crippen molar-refractivity contribution in [2.24, 2.45) is 5.92 Å². The number of nitrogens with zero attached hydrogens (tertiary/aromatic N) is 3. The van der Waals surface area contributed by atoms with E-state index in [9.17, 15) is 4.79 Å². The molecular formula is C20H27N3O. The summed E-state index contributed by atoms with van der Waals surface area (Å²) in [5.41, 5.74) is 4.08. The molecule has 1 aliphatic heterocycles. The molecule has 0 aliphatic carbocycles. The Bertz CT molecular complexity index is 732. The first-order chi connectivity index (χ1) is 11.5. The SMILES string of the molecule is Cc1cc(C)n(Cc2cccc(C(=O)N3CCCC3C(C)C)c2)n1. The van der Waals surface area contributed by atoms with Crippen molar-refractivity contribution in [3.63, 3.8) is 0 Å². The number of likely N-dealkylation sites (tertiary alicyclic amines) is 1. The van der Waals surface area contributed by atoms with E-state index in [1.165, 1.54) is 0 Å². The summed E-state index contributed by atoms with van der Waals surface area (Å²) in [6.07, 6.45) is 2.23. The second-order valence-corrected chi connectivity index (χ2v) is 7.24. The van der Waals surface area contributed by atoms with Gasteiger partial charge in [0.15, 0.2) is 0 Å². The van der Waals surface area contributed by atoms with Crippen LogP contribution in [0.3, 0.4) is 0 Å². The Hall–Kier alpha value is -2.10. The van der Waals surface area contributed by atoms with Crippen molar-refractivity contribution < 1.29 is 4.79 Å². The number of hydrogen-bond acceptors (Lipinski definition) is 2. The molecule has 1 aliphatic rings. The van der Waals surface area contributed by atoms with Crippen molar-refractivity contribution in [1.29, 1.82) is 0 Å². The lowest BCUT2D eigenvalue weighted by molar-refractivity contribution is 0.0701. The summed E-state index contributed by atoms with van der Waals surface area (Å²) in [6, 6.07) is 10.5. The van der Waals surface area contributed by atoms with Crippen LogP contribution in [0.2, 0.25) is 0 Å². The zero-order chi connectivity index (χ0) is 17.3. The summed E-state index contributed by atoms with van der Waals surface area (Å²) in [6.45, 7) is 10.1. The lowest BCUT2D eigenvalue weighted by Gasteiger charge is -2.28. The fourth-order valence-corrected chi connectivity index (χ4v) is 3.71. The van der Waals surface area contributed by atoms with Gasteiger partial charge in [0.05, 0.1) is 12.2 Å². The highest BCUT2D eigenvalue weighted by Crippen LogP contribution is 2.25. The van der Waals surface area contributed by atoms with E-state index in [-0.39, 0.29) is 5.91 Å². The Morgan fingerprint density at radius 1 is 1.29 bits per heavy atom. The molecule has 0 saturated carbocycles. The number of amides is 1. The number of aromatic nitrogens is 2. The Kier molecular flexibility index (Phi) is 4.74. The molecule has 1 amide bonds. The number of carbonyl (C=O) groups is 1. The molecule has 4 heteroatoms. The Balaban J connectivity index is 1.80. The number of carbonyl (C=O) groups excluding carboxylic acids is 1. The summed E-state index contributed by atoms with van der Waals surface area (Å²) < 4.78 is 1.99. The van der Waals surface area contributed by atoms with Crippen LogP contribution in [0, 0.1) is 19.8 Å². The van der Waals surface area contributed by atoms with Gasteiger partial charge in [-0.3, -0.25) is 9.48 Å². The van der Waals surface area contributed by atoms with Gasteiger partial charge in [0.2, 0.25) is 0 Å². The molecule has 2 heterocycles. The van der Waals surface area contributed by atoms with Crippen LogP contribution in [0.25, 0.3) is 0 Å². The van der Waals surface area contributed by atoms with Gasteiger partial charge in [-0.25, -0.2) is 0 Å². The average molecular weight is 325 g/mol. The van der Waals surface area contributed by atoms with Crippen molar-refractivity contribution >= 4 is 5.91 Å². The van der Waals surface area contributed by atoms with Crippen LogP contribution in [0.15, 0.2) is 30.3 Å². The summed E-state index contributed by atoms with van der Waals surface area (Å²) in [5.74, 6) is 0.677. The van der Waals surface area contributed by atoms with E-state index in [1.54, 1.807) is 0 Å². The van der Waals surface area contributed by atoms with Crippen LogP contribution in [-0.4, -0.2) is 33.2 Å². The lowest BCUT2D eigenvalue weighted by atomic mass is 10.0. The van der Waals surface area contributed by atoms with Crippen LogP contribution < -0.4 is 0 Å². The fourth-order valence-electron chi connectivity index (χ4n) is 3.71. The van der Waals surface area contributed by atoms with Gasteiger partial charge >= 0.3 is 0 Å². The molecule has 1 atom stereocenters. The quantitative estimate of drug-likeness (QED) is 0.857. The topological polar surface area (TPSA) is 38.1 Å². The summed E-state index contributed by atoms with van der Waals surface area (Å²) in [5, 5.41) is 4.51. The average Bonchev–Trinajstić information content (AvgIpc) is 3.14. The molecule has 0 bridgehead atoms. The molecule has 24 heavy (non-hydrogen) atoms. The van der Waals surface area contributed by atoms with Crippen LogP contribution in [0.4, 0.5) is 0 Å². The van der Waals surface area contributed by atoms with E-state index < -0.39 is 0 Å². The molecular weight excluding hydrogens is 298 g/mol. The maximum Gasteiger partial charge on any atom is 0.254 e. The second-order valence-electron chi connectivity index (χ2n) is 7.24. The molecule has 0 spiro atoms. The lowest BCUT2D eigenvalue weighted by Crippen LogP contribution is -2.38. The highest BCUT2D eigenvalue weighted by atomic mass is 16.2. The maximum atomic E-state index is 12.9. The van der Waals surface area contributed by atoms with Crippen LogP contribution >= 0.6 is 0 Å². The maximum absolute atomic E-state index is 12.9. The monoisotopic (exact) mass is 325 g/mol. The fraction of sp³-hybridized carbons (Fsp3) is 0.500. The third-order valence-corrected chi connectivity index (χ3v) is 4.94. The third kappa shape index (κ3) is 3.37. The van der Waals surface area contributed by atoms with Gasteiger partial charge in [-0.05, 0) is 56.4 Å². The van der Waals surface area contributed by atoms with Gasteiger partial charge in [0.25, 0.3) is 5.91 Å². The Morgan fingerprint density at radius 3 is 2.75 bits per heavy atom. The van der Waals surface area contributed by atoms with E-state index in [0.29, 0.717) is 18.5 Å². The zero-order valence-corrected chi connectivity index (χ0v) is 15.1. The molecule has 1 aromatic carbocycles. The molecule has 4 nitrogen and oxygen atoms in total. The molecule has 1 unspecified atom stereocenters. The molecule has 128 valence electrons. The molecule has 1 aromatic heterocycles. The van der Waals surface area contributed by atoms with Crippen molar-refractivity contribution in [2.45, 2.75) is 53.1 Å². The predicted molar refractivity (Wildman–Crippen MR) is 96.1 cm³/mol. The van der Waals surface area contributed by atoms with Crippen LogP contribution in [-0.2, 0) is 6.54 Å². The van der Waals surface area contributed by atoms with E-state index in [1.807, 2.05) is 29.8 Å². The first-order valence-electron chi connectivity index (χ1n) is 8.86. The summed E-state index contributed by atoms with van der Waals surface area (Å²) in [4.78, 5) is 15.0.